The van der Waals surface area contributed by atoms with Gasteiger partial charge in [-0.15, -0.1) is 0 Å². The molecule has 0 unspecified atom stereocenters. The number of halogens is 1. The summed E-state index contributed by atoms with van der Waals surface area (Å²) in [6.07, 6.45) is 2.45. The molecule has 0 radical (unpaired) electrons. The summed E-state index contributed by atoms with van der Waals surface area (Å²) in [4.78, 5) is 12.7. The third kappa shape index (κ3) is 3.89. The fraction of sp³-hybridized carbons (Fsp3) is 0.357. The Morgan fingerprint density at radius 2 is 1.74 bits per heavy atom. The molecular formula is C14H16ClN3O. The minimum absolute atomic E-state index is 0.266. The fourth-order valence-corrected chi connectivity index (χ4v) is 1.97. The number of rotatable bonds is 5. The zero-order valence-electron chi connectivity index (χ0n) is 11.1. The van der Waals surface area contributed by atoms with E-state index in [4.69, 9.17) is 16.3 Å². The number of ether oxygens (including phenoxy) is 1. The van der Waals surface area contributed by atoms with E-state index in [1.165, 1.54) is 0 Å². The average molecular weight is 278 g/mol. The standard InChI is InChI=1S/C14H16ClN3O/c1-3-4-12-16-13(18-14(15)17-12)9-10-5-7-11(19-2)8-6-10/h5-8H,3-4,9H2,1-2H3. The van der Waals surface area contributed by atoms with Crippen molar-refractivity contribution < 1.29 is 4.74 Å². The first-order valence-corrected chi connectivity index (χ1v) is 6.61. The second kappa shape index (κ2) is 6.48. The van der Waals surface area contributed by atoms with Crippen molar-refractivity contribution in [1.29, 1.82) is 0 Å². The van der Waals surface area contributed by atoms with E-state index in [-0.39, 0.29) is 5.28 Å². The molecular weight excluding hydrogens is 262 g/mol. The Hall–Kier alpha value is -1.68. The molecule has 0 saturated carbocycles. The van der Waals surface area contributed by atoms with Crippen LogP contribution in [-0.2, 0) is 12.8 Å². The van der Waals surface area contributed by atoms with Crippen molar-refractivity contribution in [3.8, 4) is 5.75 Å². The Morgan fingerprint density at radius 3 is 2.37 bits per heavy atom. The van der Waals surface area contributed by atoms with Gasteiger partial charge in [0.25, 0.3) is 0 Å². The zero-order chi connectivity index (χ0) is 13.7. The van der Waals surface area contributed by atoms with Gasteiger partial charge in [-0.25, -0.2) is 15.0 Å². The van der Waals surface area contributed by atoms with E-state index in [1.54, 1.807) is 7.11 Å². The van der Waals surface area contributed by atoms with Crippen LogP contribution in [0.15, 0.2) is 24.3 Å². The van der Waals surface area contributed by atoms with Crippen LogP contribution < -0.4 is 4.74 Å². The van der Waals surface area contributed by atoms with Crippen LogP contribution in [0.4, 0.5) is 0 Å². The summed E-state index contributed by atoms with van der Waals surface area (Å²) in [6.45, 7) is 2.08. The first-order valence-electron chi connectivity index (χ1n) is 6.23. The van der Waals surface area contributed by atoms with Gasteiger partial charge in [-0.3, -0.25) is 0 Å². The van der Waals surface area contributed by atoms with Gasteiger partial charge < -0.3 is 4.74 Å². The largest absolute Gasteiger partial charge is 0.497 e. The maximum absolute atomic E-state index is 5.92. The molecule has 0 amide bonds. The Morgan fingerprint density at radius 1 is 1.05 bits per heavy atom. The average Bonchev–Trinajstić information content (AvgIpc) is 2.39. The van der Waals surface area contributed by atoms with Crippen molar-refractivity contribution in [1.82, 2.24) is 15.0 Å². The van der Waals surface area contributed by atoms with E-state index in [0.29, 0.717) is 12.2 Å². The van der Waals surface area contributed by atoms with Crippen molar-refractivity contribution in [3.63, 3.8) is 0 Å². The highest BCUT2D eigenvalue weighted by molar-refractivity contribution is 6.28. The Balaban J connectivity index is 2.17. The quantitative estimate of drug-likeness (QED) is 0.843. The maximum atomic E-state index is 5.92. The number of hydrogen-bond acceptors (Lipinski definition) is 4. The van der Waals surface area contributed by atoms with E-state index >= 15 is 0 Å². The minimum Gasteiger partial charge on any atom is -0.497 e. The van der Waals surface area contributed by atoms with Crippen LogP contribution >= 0.6 is 11.6 Å². The van der Waals surface area contributed by atoms with E-state index in [0.717, 1.165) is 30.0 Å². The Bertz CT molecular complexity index is 543. The third-order valence-electron chi connectivity index (χ3n) is 2.70. The topological polar surface area (TPSA) is 47.9 Å². The van der Waals surface area contributed by atoms with Crippen molar-refractivity contribution >= 4 is 11.6 Å². The van der Waals surface area contributed by atoms with Crippen molar-refractivity contribution in [2.75, 3.05) is 7.11 Å². The first kappa shape index (κ1) is 13.7. The molecule has 1 heterocycles. The van der Waals surface area contributed by atoms with E-state index in [1.807, 2.05) is 24.3 Å². The lowest BCUT2D eigenvalue weighted by Crippen LogP contribution is -2.04. The van der Waals surface area contributed by atoms with Gasteiger partial charge in [-0.05, 0) is 35.7 Å². The van der Waals surface area contributed by atoms with Gasteiger partial charge >= 0.3 is 0 Å². The van der Waals surface area contributed by atoms with Gasteiger partial charge in [0, 0.05) is 12.8 Å². The molecule has 1 aromatic carbocycles. The molecule has 19 heavy (non-hydrogen) atoms. The second-order valence-electron chi connectivity index (χ2n) is 4.21. The summed E-state index contributed by atoms with van der Waals surface area (Å²) < 4.78 is 5.13. The number of benzene rings is 1. The molecule has 0 atom stereocenters. The van der Waals surface area contributed by atoms with E-state index in [2.05, 4.69) is 21.9 Å². The lowest BCUT2D eigenvalue weighted by Gasteiger charge is -2.05. The zero-order valence-corrected chi connectivity index (χ0v) is 11.8. The molecule has 0 fully saturated rings. The van der Waals surface area contributed by atoms with E-state index < -0.39 is 0 Å². The van der Waals surface area contributed by atoms with Gasteiger partial charge in [0.1, 0.15) is 17.4 Å². The van der Waals surface area contributed by atoms with Gasteiger partial charge in [0.2, 0.25) is 5.28 Å². The Kier molecular flexibility index (Phi) is 4.68. The number of nitrogens with zero attached hydrogens (tertiary/aromatic N) is 3. The smallest absolute Gasteiger partial charge is 0.225 e. The molecule has 100 valence electrons. The van der Waals surface area contributed by atoms with Crippen molar-refractivity contribution in [3.05, 3.63) is 46.8 Å². The summed E-state index contributed by atoms with van der Waals surface area (Å²) in [5.74, 6) is 2.30. The molecule has 5 heteroatoms. The van der Waals surface area contributed by atoms with Crippen LogP contribution in [0.3, 0.4) is 0 Å². The molecule has 0 saturated heterocycles. The molecule has 1 aromatic heterocycles. The van der Waals surface area contributed by atoms with Crippen LogP contribution in [0.1, 0.15) is 30.6 Å². The second-order valence-corrected chi connectivity index (χ2v) is 4.55. The fourth-order valence-electron chi connectivity index (χ4n) is 1.78. The summed E-state index contributed by atoms with van der Waals surface area (Å²) in [5.41, 5.74) is 1.12. The van der Waals surface area contributed by atoms with Gasteiger partial charge in [-0.1, -0.05) is 19.1 Å². The SMILES string of the molecule is CCCc1nc(Cl)nc(Cc2ccc(OC)cc2)n1. The van der Waals surface area contributed by atoms with Gasteiger partial charge in [-0.2, -0.15) is 0 Å². The van der Waals surface area contributed by atoms with Crippen LogP contribution in [0.5, 0.6) is 5.75 Å². The molecule has 0 N–H and O–H groups in total. The lowest BCUT2D eigenvalue weighted by molar-refractivity contribution is 0.414. The van der Waals surface area contributed by atoms with E-state index in [9.17, 15) is 0 Å². The summed E-state index contributed by atoms with van der Waals surface area (Å²) >= 11 is 5.92. The van der Waals surface area contributed by atoms with Crippen LogP contribution in [0, 0.1) is 0 Å². The molecule has 0 aliphatic heterocycles. The Labute approximate surface area is 117 Å². The molecule has 2 rings (SSSR count). The van der Waals surface area contributed by atoms with Crippen molar-refractivity contribution in [2.45, 2.75) is 26.2 Å². The third-order valence-corrected chi connectivity index (χ3v) is 2.86. The minimum atomic E-state index is 0.266. The summed E-state index contributed by atoms with van der Waals surface area (Å²) in [7, 11) is 1.65. The number of aromatic nitrogens is 3. The molecule has 0 spiro atoms. The summed E-state index contributed by atoms with van der Waals surface area (Å²) in [6, 6.07) is 7.84. The molecule has 2 aromatic rings. The van der Waals surface area contributed by atoms with Crippen LogP contribution in [0.2, 0.25) is 5.28 Å². The molecule has 0 bridgehead atoms. The van der Waals surface area contributed by atoms with Gasteiger partial charge in [0.05, 0.1) is 7.11 Å². The predicted molar refractivity (Wildman–Crippen MR) is 74.6 cm³/mol. The maximum Gasteiger partial charge on any atom is 0.225 e. The molecule has 0 aliphatic carbocycles. The summed E-state index contributed by atoms with van der Waals surface area (Å²) in [5, 5.41) is 0.266. The lowest BCUT2D eigenvalue weighted by atomic mass is 10.1. The normalized spacial score (nSPS) is 10.5. The molecule has 0 aliphatic rings. The monoisotopic (exact) mass is 277 g/mol. The highest BCUT2D eigenvalue weighted by atomic mass is 35.5. The van der Waals surface area contributed by atoms with Crippen LogP contribution in [0.25, 0.3) is 0 Å². The number of hydrogen-bond donors (Lipinski definition) is 0. The highest BCUT2D eigenvalue weighted by Crippen LogP contribution is 2.14. The van der Waals surface area contributed by atoms with Crippen molar-refractivity contribution in [2.24, 2.45) is 0 Å². The van der Waals surface area contributed by atoms with Gasteiger partial charge in [0.15, 0.2) is 0 Å². The number of methoxy groups -OCH3 is 1. The molecule has 4 nitrogen and oxygen atoms in total. The first-order chi connectivity index (χ1) is 9.21. The number of aryl methyl sites for hydroxylation is 1. The highest BCUT2D eigenvalue weighted by Gasteiger charge is 2.05. The van der Waals surface area contributed by atoms with Crippen LogP contribution in [-0.4, -0.2) is 22.1 Å². The predicted octanol–water partition coefficient (Wildman–Crippen LogP) is 3.08.